The van der Waals surface area contributed by atoms with Gasteiger partial charge in [-0.05, 0) is 31.4 Å². The molecule has 138 valence electrons. The minimum absolute atomic E-state index is 0.0570. The van der Waals surface area contributed by atoms with Crippen LogP contribution in [0.2, 0.25) is 0 Å². The van der Waals surface area contributed by atoms with Gasteiger partial charge in [0.25, 0.3) is 0 Å². The third-order valence-electron chi connectivity index (χ3n) is 4.23. The van der Waals surface area contributed by atoms with Crippen molar-refractivity contribution in [3.8, 4) is 11.6 Å². The maximum Gasteiger partial charge on any atom is 0.315 e. The number of rotatable bonds is 6. The van der Waals surface area contributed by atoms with Gasteiger partial charge in [-0.2, -0.15) is 0 Å². The van der Waals surface area contributed by atoms with E-state index in [1.807, 2.05) is 43.3 Å². The lowest BCUT2D eigenvalue weighted by atomic mass is 10.0. The SMILES string of the molecule is CCCOc1ncccc1CNC(=O)N[C@@H]1CCCOc2ccccc21. The van der Waals surface area contributed by atoms with Crippen molar-refractivity contribution < 1.29 is 14.3 Å². The number of hydrogen-bond acceptors (Lipinski definition) is 4. The van der Waals surface area contributed by atoms with E-state index >= 15 is 0 Å². The van der Waals surface area contributed by atoms with Gasteiger partial charge in [0, 0.05) is 23.9 Å². The molecule has 0 aliphatic carbocycles. The summed E-state index contributed by atoms with van der Waals surface area (Å²) in [7, 11) is 0. The fourth-order valence-electron chi connectivity index (χ4n) is 2.95. The van der Waals surface area contributed by atoms with Crippen LogP contribution in [0.3, 0.4) is 0 Å². The zero-order valence-electron chi connectivity index (χ0n) is 15.0. The molecule has 3 rings (SSSR count). The minimum Gasteiger partial charge on any atom is -0.493 e. The van der Waals surface area contributed by atoms with Crippen LogP contribution in [0, 0.1) is 0 Å². The summed E-state index contributed by atoms with van der Waals surface area (Å²) in [5.41, 5.74) is 1.88. The molecule has 0 bridgehead atoms. The minimum atomic E-state index is -0.211. The van der Waals surface area contributed by atoms with Crippen molar-refractivity contribution in [1.29, 1.82) is 0 Å². The second kappa shape index (κ2) is 9.08. The van der Waals surface area contributed by atoms with E-state index in [0.717, 1.165) is 36.1 Å². The Hall–Kier alpha value is -2.76. The van der Waals surface area contributed by atoms with Gasteiger partial charge in [-0.3, -0.25) is 0 Å². The van der Waals surface area contributed by atoms with Crippen LogP contribution in [0.1, 0.15) is 43.4 Å². The quantitative estimate of drug-likeness (QED) is 0.831. The number of amides is 2. The Morgan fingerprint density at radius 2 is 2.19 bits per heavy atom. The highest BCUT2D eigenvalue weighted by Crippen LogP contribution is 2.31. The van der Waals surface area contributed by atoms with Gasteiger partial charge >= 0.3 is 6.03 Å². The van der Waals surface area contributed by atoms with Crippen LogP contribution in [0.15, 0.2) is 42.6 Å². The number of benzene rings is 1. The van der Waals surface area contributed by atoms with E-state index in [2.05, 4.69) is 15.6 Å². The fraction of sp³-hybridized carbons (Fsp3) is 0.400. The highest BCUT2D eigenvalue weighted by Gasteiger charge is 2.21. The third-order valence-corrected chi connectivity index (χ3v) is 4.23. The number of carbonyl (C=O) groups is 1. The van der Waals surface area contributed by atoms with Crippen molar-refractivity contribution in [3.63, 3.8) is 0 Å². The summed E-state index contributed by atoms with van der Waals surface area (Å²) in [5, 5.41) is 5.96. The lowest BCUT2D eigenvalue weighted by molar-refractivity contribution is 0.235. The van der Waals surface area contributed by atoms with Gasteiger partial charge in [-0.1, -0.05) is 31.2 Å². The summed E-state index contributed by atoms with van der Waals surface area (Å²) in [5.74, 6) is 1.42. The molecule has 1 aromatic carbocycles. The van der Waals surface area contributed by atoms with Crippen LogP contribution < -0.4 is 20.1 Å². The highest BCUT2D eigenvalue weighted by molar-refractivity contribution is 5.74. The number of hydrogen-bond donors (Lipinski definition) is 2. The van der Waals surface area contributed by atoms with Crippen LogP contribution >= 0.6 is 0 Å². The fourth-order valence-corrected chi connectivity index (χ4v) is 2.95. The summed E-state index contributed by atoms with van der Waals surface area (Å²) < 4.78 is 11.4. The molecular formula is C20H25N3O3. The highest BCUT2D eigenvalue weighted by atomic mass is 16.5. The third kappa shape index (κ3) is 4.65. The first-order valence-electron chi connectivity index (χ1n) is 9.10. The van der Waals surface area contributed by atoms with Crippen LogP contribution in [-0.2, 0) is 6.54 Å². The summed E-state index contributed by atoms with van der Waals surface area (Å²) in [4.78, 5) is 16.6. The molecule has 2 N–H and O–H groups in total. The monoisotopic (exact) mass is 355 g/mol. The number of para-hydroxylation sites is 1. The predicted octanol–water partition coefficient (Wildman–Crippen LogP) is 3.58. The summed E-state index contributed by atoms with van der Waals surface area (Å²) >= 11 is 0. The molecule has 1 aliphatic rings. The van der Waals surface area contributed by atoms with Gasteiger partial charge < -0.3 is 20.1 Å². The molecule has 0 fully saturated rings. The largest absolute Gasteiger partial charge is 0.493 e. The Kier molecular flexibility index (Phi) is 6.30. The van der Waals surface area contributed by atoms with Crippen LogP contribution in [0.25, 0.3) is 0 Å². The van der Waals surface area contributed by atoms with Crippen molar-refractivity contribution >= 4 is 6.03 Å². The molecule has 6 nitrogen and oxygen atoms in total. The molecule has 2 heterocycles. The predicted molar refractivity (Wildman–Crippen MR) is 99.3 cm³/mol. The first kappa shape index (κ1) is 18.0. The van der Waals surface area contributed by atoms with Gasteiger partial charge in [0.1, 0.15) is 5.75 Å². The van der Waals surface area contributed by atoms with Gasteiger partial charge in [0.05, 0.1) is 19.3 Å². The van der Waals surface area contributed by atoms with E-state index in [0.29, 0.717) is 25.6 Å². The molecule has 0 unspecified atom stereocenters. The molecule has 26 heavy (non-hydrogen) atoms. The Morgan fingerprint density at radius 1 is 1.31 bits per heavy atom. The maximum absolute atomic E-state index is 12.4. The molecule has 0 saturated heterocycles. The average molecular weight is 355 g/mol. The number of nitrogens with zero attached hydrogens (tertiary/aromatic N) is 1. The number of fused-ring (bicyclic) bond motifs is 1. The van der Waals surface area contributed by atoms with Gasteiger partial charge in [0.15, 0.2) is 0 Å². The Balaban J connectivity index is 1.60. The van der Waals surface area contributed by atoms with Crippen molar-refractivity contribution in [2.24, 2.45) is 0 Å². The van der Waals surface area contributed by atoms with Gasteiger partial charge in [-0.25, -0.2) is 9.78 Å². The van der Waals surface area contributed by atoms with E-state index < -0.39 is 0 Å². The maximum atomic E-state index is 12.4. The molecular weight excluding hydrogens is 330 g/mol. The second-order valence-corrected chi connectivity index (χ2v) is 6.22. The zero-order chi connectivity index (χ0) is 18.2. The van der Waals surface area contributed by atoms with Crippen molar-refractivity contribution in [2.75, 3.05) is 13.2 Å². The average Bonchev–Trinajstić information content (AvgIpc) is 2.88. The van der Waals surface area contributed by atoms with Crippen LogP contribution in [0.4, 0.5) is 4.79 Å². The topological polar surface area (TPSA) is 72.5 Å². The molecule has 2 amide bonds. The molecule has 1 aromatic heterocycles. The van der Waals surface area contributed by atoms with E-state index in [1.54, 1.807) is 6.20 Å². The molecule has 0 radical (unpaired) electrons. The van der Waals surface area contributed by atoms with Crippen molar-refractivity contribution in [1.82, 2.24) is 15.6 Å². The van der Waals surface area contributed by atoms with Crippen molar-refractivity contribution in [2.45, 2.75) is 38.8 Å². The second-order valence-electron chi connectivity index (χ2n) is 6.22. The zero-order valence-corrected chi connectivity index (χ0v) is 15.0. The smallest absolute Gasteiger partial charge is 0.315 e. The number of urea groups is 1. The van der Waals surface area contributed by atoms with Gasteiger partial charge in [-0.15, -0.1) is 0 Å². The lowest BCUT2D eigenvalue weighted by Crippen LogP contribution is -2.37. The number of carbonyl (C=O) groups excluding carboxylic acids is 1. The molecule has 1 aliphatic heterocycles. The number of nitrogens with one attached hydrogen (secondary N) is 2. The molecule has 1 atom stereocenters. The van der Waals surface area contributed by atoms with Gasteiger partial charge in [0.2, 0.25) is 5.88 Å². The lowest BCUT2D eigenvalue weighted by Gasteiger charge is -2.19. The van der Waals surface area contributed by atoms with E-state index in [-0.39, 0.29) is 12.1 Å². The normalized spacial score (nSPS) is 16.0. The Labute approximate surface area is 153 Å². The first-order valence-corrected chi connectivity index (χ1v) is 9.10. The van der Waals surface area contributed by atoms with Crippen LogP contribution in [0.5, 0.6) is 11.6 Å². The number of ether oxygens (including phenoxy) is 2. The molecule has 0 spiro atoms. The molecule has 6 heteroatoms. The number of pyridine rings is 1. The number of aromatic nitrogens is 1. The van der Waals surface area contributed by atoms with Crippen LogP contribution in [-0.4, -0.2) is 24.2 Å². The molecule has 2 aromatic rings. The summed E-state index contributed by atoms with van der Waals surface area (Å²) in [6.45, 7) is 3.69. The van der Waals surface area contributed by atoms with Crippen molar-refractivity contribution in [3.05, 3.63) is 53.7 Å². The summed E-state index contributed by atoms with van der Waals surface area (Å²) in [6.07, 6.45) is 4.35. The van der Waals surface area contributed by atoms with E-state index in [4.69, 9.17) is 9.47 Å². The first-order chi connectivity index (χ1) is 12.8. The summed E-state index contributed by atoms with van der Waals surface area (Å²) in [6, 6.07) is 11.3. The molecule has 0 saturated carbocycles. The Bertz CT molecular complexity index is 736. The Morgan fingerprint density at radius 3 is 3.08 bits per heavy atom. The van der Waals surface area contributed by atoms with E-state index in [9.17, 15) is 4.79 Å². The standard InChI is InChI=1S/C20H25N3O3/c1-2-12-26-19-15(7-5-11-21-19)14-22-20(24)23-17-9-6-13-25-18-10-4-3-8-16(17)18/h3-5,7-8,10-11,17H,2,6,9,12-14H2,1H3,(H2,22,23,24)/t17-/m1/s1. The van der Waals surface area contributed by atoms with E-state index in [1.165, 1.54) is 0 Å².